The zero-order chi connectivity index (χ0) is 21.8. The van der Waals surface area contributed by atoms with Crippen LogP contribution in [0.4, 0.5) is 18.9 Å². The molecule has 0 fully saturated rings. The van der Waals surface area contributed by atoms with Crippen molar-refractivity contribution < 1.29 is 22.8 Å². The molecule has 0 radical (unpaired) electrons. The Labute approximate surface area is 171 Å². The lowest BCUT2D eigenvalue weighted by atomic mass is 9.96. The van der Waals surface area contributed by atoms with Crippen LogP contribution >= 0.6 is 0 Å². The highest BCUT2D eigenvalue weighted by Crippen LogP contribution is 2.31. The van der Waals surface area contributed by atoms with Crippen LogP contribution in [0.25, 0.3) is 0 Å². The number of hydrogen-bond acceptors (Lipinski definition) is 4. The number of methoxy groups -OCH3 is 1. The molecule has 0 amide bonds. The van der Waals surface area contributed by atoms with Gasteiger partial charge in [-0.25, -0.2) is 8.78 Å². The molecular weight excluding hydrogens is 397 g/mol. The minimum atomic E-state index is -0.973. The molecule has 0 heterocycles. The van der Waals surface area contributed by atoms with E-state index in [4.69, 9.17) is 4.74 Å². The predicted molar refractivity (Wildman–Crippen MR) is 106 cm³/mol. The number of nitrogens with zero attached hydrogens (tertiary/aromatic N) is 1. The van der Waals surface area contributed by atoms with Gasteiger partial charge in [0.2, 0.25) is 5.82 Å². The number of hydrogen-bond donors (Lipinski definition) is 1. The second kappa shape index (κ2) is 8.96. The summed E-state index contributed by atoms with van der Waals surface area (Å²) in [5.74, 6) is -2.24. The van der Waals surface area contributed by atoms with Crippen molar-refractivity contribution in [1.29, 1.82) is 0 Å². The summed E-state index contributed by atoms with van der Waals surface area (Å²) in [4.78, 5) is 10.4. The van der Waals surface area contributed by atoms with Crippen molar-refractivity contribution in [2.45, 2.75) is 19.0 Å². The Morgan fingerprint density at radius 3 is 2.07 bits per heavy atom. The molecule has 0 spiro atoms. The smallest absolute Gasteiger partial charge is 0.305 e. The molecule has 1 N–H and O–H groups in total. The fourth-order valence-electron chi connectivity index (χ4n) is 3.16. The van der Waals surface area contributed by atoms with Gasteiger partial charge in [0.15, 0.2) is 11.6 Å². The second-order valence-corrected chi connectivity index (χ2v) is 6.74. The maximum Gasteiger partial charge on any atom is 0.305 e. The Kier molecular flexibility index (Phi) is 6.37. The van der Waals surface area contributed by atoms with Gasteiger partial charge in [-0.3, -0.25) is 15.4 Å². The van der Waals surface area contributed by atoms with Crippen LogP contribution in [0.5, 0.6) is 5.75 Å². The maximum atomic E-state index is 13.8. The predicted octanol–water partition coefficient (Wildman–Crippen LogP) is 5.46. The quantitative estimate of drug-likeness (QED) is 0.410. The highest BCUT2D eigenvalue weighted by Gasteiger charge is 2.23. The summed E-state index contributed by atoms with van der Waals surface area (Å²) in [6.07, 6.45) is 0. The number of halogens is 3. The van der Waals surface area contributed by atoms with Crippen LogP contribution in [0.15, 0.2) is 60.7 Å². The molecule has 0 saturated heterocycles. The van der Waals surface area contributed by atoms with Gasteiger partial charge in [0.25, 0.3) is 0 Å². The molecule has 0 aromatic heterocycles. The van der Waals surface area contributed by atoms with Crippen LogP contribution in [0.3, 0.4) is 0 Å². The number of nitrogens with one attached hydrogen (secondary N) is 1. The normalized spacial score (nSPS) is 13.0. The average Bonchev–Trinajstić information content (AvgIpc) is 2.74. The first kappa shape index (κ1) is 21.3. The average molecular weight is 416 g/mol. The number of nitro benzene ring substituents is 1. The topological polar surface area (TPSA) is 64.4 Å². The second-order valence-electron chi connectivity index (χ2n) is 6.74. The zero-order valence-electron chi connectivity index (χ0n) is 16.2. The Morgan fingerprint density at radius 2 is 1.47 bits per heavy atom. The molecule has 2 atom stereocenters. The zero-order valence-corrected chi connectivity index (χ0v) is 16.2. The van der Waals surface area contributed by atoms with Gasteiger partial charge in [0.1, 0.15) is 5.75 Å². The Balaban J connectivity index is 2.01. The monoisotopic (exact) mass is 416 g/mol. The third-order valence-electron chi connectivity index (χ3n) is 4.81. The van der Waals surface area contributed by atoms with Gasteiger partial charge in [-0.1, -0.05) is 24.3 Å². The lowest BCUT2D eigenvalue weighted by Gasteiger charge is -2.25. The van der Waals surface area contributed by atoms with Crippen LogP contribution < -0.4 is 10.1 Å². The van der Waals surface area contributed by atoms with Gasteiger partial charge in [-0.05, 0) is 53.9 Å². The Morgan fingerprint density at radius 1 is 0.867 bits per heavy atom. The summed E-state index contributed by atoms with van der Waals surface area (Å²) in [5, 5.41) is 14.4. The maximum absolute atomic E-state index is 13.8. The largest absolute Gasteiger partial charge is 0.497 e. The van der Waals surface area contributed by atoms with Crippen LogP contribution in [0, 0.1) is 27.6 Å². The van der Waals surface area contributed by atoms with Crippen molar-refractivity contribution in [2.24, 2.45) is 0 Å². The summed E-state index contributed by atoms with van der Waals surface area (Å²) in [7, 11) is 1.53. The summed E-state index contributed by atoms with van der Waals surface area (Å²) in [6.45, 7) is 1.75. The van der Waals surface area contributed by atoms with E-state index in [1.165, 1.54) is 19.2 Å². The number of rotatable bonds is 7. The highest BCUT2D eigenvalue weighted by molar-refractivity contribution is 5.42. The lowest BCUT2D eigenvalue weighted by molar-refractivity contribution is -0.387. The summed E-state index contributed by atoms with van der Waals surface area (Å²) in [5.41, 5.74) is 1.02. The molecule has 5 nitrogen and oxygen atoms in total. The molecule has 30 heavy (non-hydrogen) atoms. The van der Waals surface area contributed by atoms with E-state index in [1.54, 1.807) is 31.2 Å². The molecule has 0 aliphatic carbocycles. The van der Waals surface area contributed by atoms with Gasteiger partial charge >= 0.3 is 5.69 Å². The van der Waals surface area contributed by atoms with Crippen LogP contribution in [0.2, 0.25) is 0 Å². The van der Waals surface area contributed by atoms with E-state index >= 15 is 0 Å². The van der Waals surface area contributed by atoms with Crippen LogP contribution in [0.1, 0.15) is 35.7 Å². The van der Waals surface area contributed by atoms with Gasteiger partial charge in [-0.15, -0.1) is 0 Å². The SMILES string of the molecule is COc1ccc(C(NC(C)c2ccc(F)c(F)c2)c2ccc(F)c([N+](=O)[O-])c2)cc1. The van der Waals surface area contributed by atoms with Gasteiger partial charge in [0, 0.05) is 12.1 Å². The third kappa shape index (κ3) is 4.60. The summed E-state index contributed by atoms with van der Waals surface area (Å²) >= 11 is 0. The van der Waals surface area contributed by atoms with Gasteiger partial charge < -0.3 is 4.74 Å². The fourth-order valence-corrected chi connectivity index (χ4v) is 3.16. The van der Waals surface area contributed by atoms with E-state index in [1.807, 2.05) is 0 Å². The molecule has 3 rings (SSSR count). The first-order valence-corrected chi connectivity index (χ1v) is 9.09. The molecule has 8 heteroatoms. The van der Waals surface area contributed by atoms with Crippen LogP contribution in [-0.2, 0) is 0 Å². The van der Waals surface area contributed by atoms with Gasteiger partial charge in [0.05, 0.1) is 18.1 Å². The van der Waals surface area contributed by atoms with Crippen molar-refractivity contribution in [3.05, 3.63) is 105 Å². The van der Waals surface area contributed by atoms with Crippen molar-refractivity contribution in [3.8, 4) is 5.75 Å². The van der Waals surface area contributed by atoms with E-state index in [-0.39, 0.29) is 0 Å². The first-order valence-electron chi connectivity index (χ1n) is 9.09. The highest BCUT2D eigenvalue weighted by atomic mass is 19.2. The van der Waals surface area contributed by atoms with Crippen molar-refractivity contribution >= 4 is 5.69 Å². The molecule has 156 valence electrons. The molecule has 0 saturated carbocycles. The summed E-state index contributed by atoms with van der Waals surface area (Å²) in [6, 6.07) is 13.2. The number of ether oxygens (including phenoxy) is 1. The molecule has 3 aromatic rings. The Hall–Kier alpha value is -3.39. The lowest BCUT2D eigenvalue weighted by Crippen LogP contribution is -2.26. The van der Waals surface area contributed by atoms with E-state index in [0.29, 0.717) is 16.9 Å². The summed E-state index contributed by atoms with van der Waals surface area (Å²) < 4.78 is 45.9. The van der Waals surface area contributed by atoms with E-state index in [9.17, 15) is 23.3 Å². The number of benzene rings is 3. The first-order chi connectivity index (χ1) is 14.3. The van der Waals surface area contributed by atoms with E-state index < -0.39 is 40.1 Å². The fraction of sp³-hybridized carbons (Fsp3) is 0.182. The van der Waals surface area contributed by atoms with Crippen molar-refractivity contribution in [3.63, 3.8) is 0 Å². The molecule has 2 unspecified atom stereocenters. The third-order valence-corrected chi connectivity index (χ3v) is 4.81. The van der Waals surface area contributed by atoms with Crippen LogP contribution in [-0.4, -0.2) is 12.0 Å². The molecule has 0 aliphatic rings. The Bertz CT molecular complexity index is 1060. The number of nitro groups is 1. The van der Waals surface area contributed by atoms with E-state index in [2.05, 4.69) is 5.32 Å². The minimum Gasteiger partial charge on any atom is -0.497 e. The molecule has 3 aromatic carbocycles. The molecular formula is C22H19F3N2O3. The minimum absolute atomic E-state index is 0.447. The van der Waals surface area contributed by atoms with Crippen molar-refractivity contribution in [2.75, 3.05) is 7.11 Å². The molecule has 0 bridgehead atoms. The molecule has 0 aliphatic heterocycles. The van der Waals surface area contributed by atoms with E-state index in [0.717, 1.165) is 29.8 Å². The van der Waals surface area contributed by atoms with Gasteiger partial charge in [-0.2, -0.15) is 4.39 Å². The van der Waals surface area contributed by atoms with Crippen molar-refractivity contribution in [1.82, 2.24) is 5.32 Å². The standard InChI is InChI=1S/C22H19F3N2O3/c1-13(15-5-9-18(23)20(25)11-15)26-22(14-3-7-17(30-2)8-4-14)16-6-10-19(24)21(12-16)27(28)29/h3-13,22,26H,1-2H3.